The van der Waals surface area contributed by atoms with E-state index >= 15 is 4.39 Å². The van der Waals surface area contributed by atoms with E-state index in [9.17, 15) is 14.7 Å². The number of ether oxygens (including phenoxy) is 3. The van der Waals surface area contributed by atoms with Crippen molar-refractivity contribution < 1.29 is 33.3 Å². The van der Waals surface area contributed by atoms with Crippen molar-refractivity contribution in [2.24, 2.45) is 0 Å². The summed E-state index contributed by atoms with van der Waals surface area (Å²) in [6, 6.07) is 5.17. The number of benzene rings is 2. The number of methoxy groups -OCH3 is 2. The zero-order valence-corrected chi connectivity index (χ0v) is 23.9. The van der Waals surface area contributed by atoms with Crippen LogP contribution in [-0.4, -0.2) is 68.1 Å². The van der Waals surface area contributed by atoms with Crippen molar-refractivity contribution in [3.63, 3.8) is 0 Å². The summed E-state index contributed by atoms with van der Waals surface area (Å²) in [4.78, 5) is 28.2. The highest BCUT2D eigenvalue weighted by molar-refractivity contribution is 8.93. The Morgan fingerprint density at radius 1 is 1.16 bits per heavy atom. The zero-order chi connectivity index (χ0) is 27.1. The molecule has 0 aromatic heterocycles. The molecular weight excluding hydrogens is 561 g/mol. The minimum absolute atomic E-state index is 0. The molecule has 0 bridgehead atoms. The fourth-order valence-corrected chi connectivity index (χ4v) is 4.78. The number of hydrogen-bond donors (Lipinski definition) is 2. The fraction of sp³-hybridized carbons (Fsp3) is 0.444. The van der Waals surface area contributed by atoms with Gasteiger partial charge in [-0.1, -0.05) is 20.8 Å². The van der Waals surface area contributed by atoms with E-state index in [1.54, 1.807) is 18.2 Å². The predicted molar refractivity (Wildman–Crippen MR) is 146 cm³/mol. The standard InChI is InChI=1S/C27H32FN3O6.BrH/c1-27(2,3)17-10-15(11-18-24(17)37-9-8-30(18)7-6-21(33)34)19(32)14-31-13-16-12-20(35-4)25(36-5)23(28)22(16)26(31)29;/h10-12,29H,6-9,13-14H2,1-5H3,(H,33,34);1H. The third kappa shape index (κ3) is 5.43. The highest BCUT2D eigenvalue weighted by Crippen LogP contribution is 2.43. The van der Waals surface area contributed by atoms with E-state index in [-0.39, 0.29) is 70.6 Å². The maximum Gasteiger partial charge on any atom is 0.305 e. The number of carboxylic acid groups (broad SMARTS) is 1. The molecule has 11 heteroatoms. The van der Waals surface area contributed by atoms with Crippen molar-refractivity contribution >= 4 is 40.3 Å². The van der Waals surface area contributed by atoms with Gasteiger partial charge < -0.3 is 29.1 Å². The van der Waals surface area contributed by atoms with Crippen LogP contribution in [0.5, 0.6) is 17.2 Å². The number of nitrogens with one attached hydrogen (secondary N) is 1. The number of rotatable bonds is 8. The fourth-order valence-electron chi connectivity index (χ4n) is 4.78. The normalized spacial score (nSPS) is 14.3. The number of fused-ring (bicyclic) bond motifs is 2. The van der Waals surface area contributed by atoms with Crippen LogP contribution in [0.2, 0.25) is 0 Å². The molecule has 2 aromatic rings. The Hall–Kier alpha value is -3.34. The number of carbonyl (C=O) groups is 2. The Morgan fingerprint density at radius 3 is 2.47 bits per heavy atom. The molecule has 0 amide bonds. The van der Waals surface area contributed by atoms with E-state index in [2.05, 4.69) is 0 Å². The molecule has 0 aliphatic carbocycles. The first-order chi connectivity index (χ1) is 17.5. The molecule has 0 saturated heterocycles. The predicted octanol–water partition coefficient (Wildman–Crippen LogP) is 4.42. The van der Waals surface area contributed by atoms with E-state index in [0.29, 0.717) is 42.3 Å². The second-order valence-corrected chi connectivity index (χ2v) is 10.2. The quantitative estimate of drug-likeness (QED) is 0.433. The number of carboxylic acids is 1. The molecule has 0 atom stereocenters. The number of ketones is 1. The Morgan fingerprint density at radius 2 is 1.87 bits per heavy atom. The maximum absolute atomic E-state index is 15.1. The number of anilines is 1. The van der Waals surface area contributed by atoms with E-state index < -0.39 is 11.8 Å². The lowest BCUT2D eigenvalue weighted by atomic mass is 9.84. The number of amidine groups is 1. The molecule has 2 aliphatic heterocycles. The summed E-state index contributed by atoms with van der Waals surface area (Å²) in [5.74, 6) is -1.12. The van der Waals surface area contributed by atoms with Gasteiger partial charge in [-0.2, -0.15) is 0 Å². The van der Waals surface area contributed by atoms with Crippen molar-refractivity contribution in [2.75, 3.05) is 45.4 Å². The first kappa shape index (κ1) is 29.2. The van der Waals surface area contributed by atoms with Gasteiger partial charge in [-0.3, -0.25) is 15.0 Å². The summed E-state index contributed by atoms with van der Waals surface area (Å²) < 4.78 is 31.5. The third-order valence-corrected chi connectivity index (χ3v) is 6.69. The van der Waals surface area contributed by atoms with Crippen LogP contribution in [0.3, 0.4) is 0 Å². The molecule has 2 N–H and O–H groups in total. The summed E-state index contributed by atoms with van der Waals surface area (Å²) >= 11 is 0. The molecule has 9 nitrogen and oxygen atoms in total. The number of nitrogens with zero attached hydrogens (tertiary/aromatic N) is 2. The Kier molecular flexibility index (Phi) is 8.60. The smallest absolute Gasteiger partial charge is 0.305 e. The van der Waals surface area contributed by atoms with Crippen molar-refractivity contribution in [3.05, 3.63) is 46.3 Å². The van der Waals surface area contributed by atoms with Crippen LogP contribution in [0.25, 0.3) is 0 Å². The number of aliphatic carboxylic acids is 1. The first-order valence-corrected chi connectivity index (χ1v) is 12.0. The van der Waals surface area contributed by atoms with E-state index in [1.165, 1.54) is 19.1 Å². The molecule has 2 aliphatic rings. The molecule has 206 valence electrons. The lowest BCUT2D eigenvalue weighted by Crippen LogP contribution is -2.36. The van der Waals surface area contributed by atoms with Crippen molar-refractivity contribution in [3.8, 4) is 17.2 Å². The second kappa shape index (κ2) is 11.2. The lowest BCUT2D eigenvalue weighted by Gasteiger charge is -2.35. The van der Waals surface area contributed by atoms with Gasteiger partial charge in [0.1, 0.15) is 18.2 Å². The number of Topliss-reactive ketones (excluding diaryl/α,β-unsaturated/α-hetero) is 1. The van der Waals surface area contributed by atoms with Gasteiger partial charge in [0.15, 0.2) is 23.1 Å². The molecule has 2 heterocycles. The lowest BCUT2D eigenvalue weighted by molar-refractivity contribution is -0.136. The molecule has 0 saturated carbocycles. The molecule has 0 spiro atoms. The van der Waals surface area contributed by atoms with Gasteiger partial charge in [-0.05, 0) is 29.2 Å². The highest BCUT2D eigenvalue weighted by atomic mass is 79.9. The van der Waals surface area contributed by atoms with E-state index in [4.69, 9.17) is 19.6 Å². The van der Waals surface area contributed by atoms with Crippen LogP contribution in [0.1, 0.15) is 54.2 Å². The van der Waals surface area contributed by atoms with Crippen LogP contribution < -0.4 is 19.1 Å². The molecular formula is C27H33BrFN3O6. The van der Waals surface area contributed by atoms with Gasteiger partial charge in [0.2, 0.25) is 0 Å². The third-order valence-electron chi connectivity index (χ3n) is 6.69. The number of hydrogen-bond acceptors (Lipinski definition) is 7. The zero-order valence-electron chi connectivity index (χ0n) is 22.1. The molecule has 0 radical (unpaired) electrons. The summed E-state index contributed by atoms with van der Waals surface area (Å²) in [5.41, 5.74) is 2.25. The summed E-state index contributed by atoms with van der Waals surface area (Å²) in [6.45, 7) is 7.34. The highest BCUT2D eigenvalue weighted by Gasteiger charge is 2.34. The second-order valence-electron chi connectivity index (χ2n) is 10.2. The number of carbonyl (C=O) groups excluding carboxylic acids is 1. The van der Waals surface area contributed by atoms with Crippen LogP contribution in [0.4, 0.5) is 10.1 Å². The van der Waals surface area contributed by atoms with Gasteiger partial charge in [0, 0.05) is 24.2 Å². The average molecular weight is 594 g/mol. The van der Waals surface area contributed by atoms with Crippen molar-refractivity contribution in [1.29, 1.82) is 5.41 Å². The number of halogens is 2. The van der Waals surface area contributed by atoms with E-state index in [1.807, 2.05) is 25.7 Å². The molecule has 0 unspecified atom stereocenters. The van der Waals surface area contributed by atoms with Crippen molar-refractivity contribution in [2.45, 2.75) is 39.2 Å². The van der Waals surface area contributed by atoms with Crippen LogP contribution in [-0.2, 0) is 16.8 Å². The largest absolute Gasteiger partial charge is 0.493 e. The monoisotopic (exact) mass is 593 g/mol. The average Bonchev–Trinajstić information content (AvgIpc) is 3.15. The maximum atomic E-state index is 15.1. The Bertz CT molecular complexity index is 1280. The Labute approximate surface area is 231 Å². The minimum Gasteiger partial charge on any atom is -0.493 e. The van der Waals surface area contributed by atoms with E-state index in [0.717, 1.165) is 5.56 Å². The van der Waals surface area contributed by atoms with Gasteiger partial charge in [0.05, 0.1) is 45.0 Å². The molecule has 0 fully saturated rings. The van der Waals surface area contributed by atoms with Crippen LogP contribution >= 0.6 is 17.0 Å². The van der Waals surface area contributed by atoms with Gasteiger partial charge in [-0.25, -0.2) is 4.39 Å². The van der Waals surface area contributed by atoms with Crippen LogP contribution in [0.15, 0.2) is 18.2 Å². The molecule has 4 rings (SSSR count). The summed E-state index contributed by atoms with van der Waals surface area (Å²) in [6.07, 6.45) is -0.0375. The first-order valence-electron chi connectivity index (χ1n) is 12.0. The van der Waals surface area contributed by atoms with Crippen molar-refractivity contribution in [1.82, 2.24) is 4.90 Å². The van der Waals surface area contributed by atoms with Gasteiger partial charge in [-0.15, -0.1) is 17.0 Å². The topological polar surface area (TPSA) is 112 Å². The molecule has 38 heavy (non-hydrogen) atoms. The Balaban J connectivity index is 0.00000400. The van der Waals surface area contributed by atoms with Gasteiger partial charge >= 0.3 is 5.97 Å². The minimum atomic E-state index is -0.899. The summed E-state index contributed by atoms with van der Waals surface area (Å²) in [5, 5.41) is 17.7. The summed E-state index contributed by atoms with van der Waals surface area (Å²) in [7, 11) is 2.75. The SMILES string of the molecule is Br.COc1cc2c(c(F)c1OC)C(=N)N(CC(=O)c1cc3c(c(C(C)(C)C)c1)OCCN3CCC(=O)O)C2. The van der Waals surface area contributed by atoms with Gasteiger partial charge in [0.25, 0.3) is 0 Å². The van der Waals surface area contributed by atoms with Crippen LogP contribution in [0, 0.1) is 11.2 Å². The molecule has 2 aromatic carbocycles.